The second-order valence-electron chi connectivity index (χ2n) is 24.5. The number of carbonyl (C=O) groups excluding carboxylic acids is 3. The van der Waals surface area contributed by atoms with Crippen LogP contribution in [0.15, 0.2) is 83.5 Å². The van der Waals surface area contributed by atoms with Crippen molar-refractivity contribution < 1.29 is 47.7 Å². The fraction of sp³-hybridized carbons (Fsp3) is 0.469. The number of ether oxygens (including phenoxy) is 3. The first-order valence-electron chi connectivity index (χ1n) is 29.5. The molecule has 3 N–H and O–H groups in total. The maximum Gasteiger partial charge on any atom is 0.410 e. The maximum atomic E-state index is 17.5. The van der Waals surface area contributed by atoms with Crippen LogP contribution in [0.5, 0.6) is 17.6 Å². The van der Waals surface area contributed by atoms with Crippen molar-refractivity contribution in [2.75, 3.05) is 50.8 Å². The Labute approximate surface area is 498 Å². The molecular formula is C64H75FN10O9S. The summed E-state index contributed by atoms with van der Waals surface area (Å²) in [6.45, 7) is 22.8. The van der Waals surface area contributed by atoms with Crippen molar-refractivity contribution >= 4 is 62.4 Å². The molecule has 0 spiro atoms. The zero-order valence-corrected chi connectivity index (χ0v) is 50.3. The number of phenolic OH excluding ortho intramolecular Hbond substituents is 1. The molecule has 0 radical (unpaired) electrons. The number of amides is 3. The number of β-amino-alcohol motifs (C(OH)–C–C–N with tert-alkyl or cyclic N) is 1. The minimum Gasteiger partial charge on any atom is -0.508 e. The third kappa shape index (κ3) is 12.5. The van der Waals surface area contributed by atoms with Crippen molar-refractivity contribution in [3.8, 4) is 39.3 Å². The third-order valence-corrected chi connectivity index (χ3v) is 17.8. The number of benzene rings is 3. The van der Waals surface area contributed by atoms with E-state index in [0.29, 0.717) is 60.9 Å². The number of phenols is 1. The van der Waals surface area contributed by atoms with Gasteiger partial charge >= 0.3 is 12.1 Å². The number of piperazine rings is 1. The molecule has 4 saturated heterocycles. The van der Waals surface area contributed by atoms with Crippen molar-refractivity contribution in [1.82, 2.24) is 45.1 Å². The molecule has 0 saturated carbocycles. The topological polar surface area (TPSA) is 222 Å². The molecule has 4 aromatic heterocycles. The van der Waals surface area contributed by atoms with Gasteiger partial charge in [-0.3, -0.25) is 24.4 Å². The number of aryl methyl sites for hydroxylation is 2. The summed E-state index contributed by atoms with van der Waals surface area (Å²) in [5.74, 6) is -1.24. The fourth-order valence-corrected chi connectivity index (χ4v) is 13.5. The second kappa shape index (κ2) is 24.3. The standard InChI is InChI=1S/C64H75FN10O9S/c1-10-40-12-11-13-43-24-46(76)25-48(54(40)43)56-55(65)57-49(28-66-56)59(73-30-44-18-19-45(31-73)75(44)63(80)83-64(7,8)9)70-62(69-57)82-36(4)29-72-22-20-39(21-23-72)33-81-52-27-51(84-71-52)53(35(2)3)61(79)74-32-47(77)26-50(74)60(78)68-37(5)41-14-16-42(17-15-41)58-38(6)67-34-85-58/h11-17,24-25,27-28,34-36,39,44-45,47,50,53,76-77H,5,10,18-23,26,29-33H2,1-4,6-9H3,(H,68,78)/t36-,44?,45?,47-,50+,53-/m1/s1. The van der Waals surface area contributed by atoms with E-state index in [1.54, 1.807) is 41.2 Å². The number of halogens is 1. The molecule has 8 heterocycles. The number of aliphatic hydroxyl groups excluding tert-OH is 1. The van der Waals surface area contributed by atoms with Crippen molar-refractivity contribution in [3.63, 3.8) is 0 Å². The minimum atomic E-state index is -0.926. The van der Waals surface area contributed by atoms with E-state index < -0.39 is 41.5 Å². The lowest BCUT2D eigenvalue weighted by atomic mass is 9.91. The van der Waals surface area contributed by atoms with E-state index in [4.69, 9.17) is 33.7 Å². The molecule has 2 unspecified atom stereocenters. The number of aliphatic hydroxyl groups is 1. The minimum absolute atomic E-state index is 0.00725. The zero-order chi connectivity index (χ0) is 60.0. The van der Waals surface area contributed by atoms with E-state index in [2.05, 4.69) is 31.8 Å². The van der Waals surface area contributed by atoms with Crippen LogP contribution >= 0.6 is 11.3 Å². The van der Waals surface area contributed by atoms with Crippen molar-refractivity contribution in [1.29, 1.82) is 0 Å². The zero-order valence-electron chi connectivity index (χ0n) is 49.5. The van der Waals surface area contributed by atoms with Gasteiger partial charge in [0, 0.05) is 56.1 Å². The van der Waals surface area contributed by atoms with Crippen molar-refractivity contribution in [2.24, 2.45) is 11.8 Å². The van der Waals surface area contributed by atoms with Crippen LogP contribution in [0.4, 0.5) is 15.0 Å². The molecule has 11 rings (SSSR count). The summed E-state index contributed by atoms with van der Waals surface area (Å²) in [5.41, 5.74) is 5.76. The SMILES string of the molecule is C=C(NC(=O)[C@@H]1C[C@@H](O)CN1C(=O)[C@@H](c1cc(OCC2CCN(C[C@@H](C)Oc3nc(N4CC5CCC(C4)N5C(=O)OC(C)(C)C)c4cnc(-c5cc(O)cc6cccc(CC)c56)c(F)c4n3)CC2)no1)C(C)C)c1ccc(-c2scnc2C)cc1. The highest BCUT2D eigenvalue weighted by Crippen LogP contribution is 2.41. The molecule has 6 atom stereocenters. The Hall–Kier alpha value is -7.75. The van der Waals surface area contributed by atoms with Crippen LogP contribution in [0.3, 0.4) is 0 Å². The molecule has 4 fully saturated rings. The summed E-state index contributed by atoms with van der Waals surface area (Å²) in [7, 11) is 0. The molecule has 0 aliphatic carbocycles. The van der Waals surface area contributed by atoms with Crippen LogP contribution in [0.1, 0.15) is 109 Å². The van der Waals surface area contributed by atoms with Gasteiger partial charge in [0.05, 0.1) is 46.3 Å². The number of anilines is 1. The Morgan fingerprint density at radius 1 is 0.965 bits per heavy atom. The molecule has 2 bridgehead atoms. The summed E-state index contributed by atoms with van der Waals surface area (Å²) in [6.07, 6.45) is 3.97. The molecule has 4 aliphatic heterocycles. The van der Waals surface area contributed by atoms with Gasteiger partial charge in [0.1, 0.15) is 46.4 Å². The predicted octanol–water partition coefficient (Wildman–Crippen LogP) is 10.3. The smallest absolute Gasteiger partial charge is 0.410 e. The first-order valence-corrected chi connectivity index (χ1v) is 30.4. The number of fused-ring (bicyclic) bond motifs is 4. The van der Waals surface area contributed by atoms with E-state index in [1.165, 1.54) is 4.90 Å². The lowest BCUT2D eigenvalue weighted by Gasteiger charge is -2.42. The van der Waals surface area contributed by atoms with Gasteiger partial charge in [0.2, 0.25) is 11.8 Å². The van der Waals surface area contributed by atoms with Gasteiger partial charge in [0.25, 0.3) is 5.88 Å². The monoisotopic (exact) mass is 1180 g/mol. The maximum absolute atomic E-state index is 17.5. The number of piperidine rings is 1. The lowest BCUT2D eigenvalue weighted by molar-refractivity contribution is -0.140. The average Bonchev–Trinajstić information content (AvgIpc) is 2.96. The predicted molar refractivity (Wildman–Crippen MR) is 323 cm³/mol. The molecule has 19 nitrogen and oxygen atoms in total. The van der Waals surface area contributed by atoms with E-state index in [0.717, 1.165) is 76.8 Å². The Kier molecular flexibility index (Phi) is 16.9. The van der Waals surface area contributed by atoms with Gasteiger partial charge < -0.3 is 44.1 Å². The van der Waals surface area contributed by atoms with E-state index >= 15 is 4.39 Å². The van der Waals surface area contributed by atoms with Crippen LogP contribution < -0.4 is 19.7 Å². The number of thiazole rings is 1. The van der Waals surface area contributed by atoms with Gasteiger partial charge in [-0.05, 0) is 136 Å². The summed E-state index contributed by atoms with van der Waals surface area (Å²) >= 11 is 1.56. The highest BCUT2D eigenvalue weighted by atomic mass is 32.1. The number of aromatic hydroxyl groups is 1. The molecule has 4 aliphatic rings. The third-order valence-electron chi connectivity index (χ3n) is 16.8. The Balaban J connectivity index is 0.730. The molecule has 3 aromatic carbocycles. The Morgan fingerprint density at radius 3 is 2.39 bits per heavy atom. The molecular weight excluding hydrogens is 1100 g/mol. The average molecular weight is 1180 g/mol. The van der Waals surface area contributed by atoms with Crippen LogP contribution in [0.2, 0.25) is 0 Å². The number of hydrogen-bond donors (Lipinski definition) is 3. The van der Waals surface area contributed by atoms with Gasteiger partial charge in [-0.25, -0.2) is 14.2 Å². The lowest BCUT2D eigenvalue weighted by Crippen LogP contribution is -2.57. The van der Waals surface area contributed by atoms with Crippen molar-refractivity contribution in [3.05, 3.63) is 107 Å². The summed E-state index contributed by atoms with van der Waals surface area (Å²) in [4.78, 5) is 69.2. The van der Waals surface area contributed by atoms with Gasteiger partial charge in [-0.15, -0.1) is 11.3 Å². The number of nitrogens with one attached hydrogen (secondary N) is 1. The van der Waals surface area contributed by atoms with Crippen LogP contribution in [0.25, 0.3) is 49.1 Å². The van der Waals surface area contributed by atoms with Gasteiger partial charge in [-0.1, -0.05) is 69.8 Å². The number of hydrogen-bond acceptors (Lipinski definition) is 17. The molecule has 448 valence electrons. The van der Waals surface area contributed by atoms with Crippen LogP contribution in [0, 0.1) is 24.6 Å². The molecule has 7 aromatic rings. The number of likely N-dealkylation sites (tertiary alicyclic amines) is 2. The number of carbonyl (C=O) groups is 3. The van der Waals surface area contributed by atoms with Gasteiger partial charge in [0.15, 0.2) is 11.6 Å². The van der Waals surface area contributed by atoms with Crippen LogP contribution in [-0.2, 0) is 20.7 Å². The quantitative estimate of drug-likeness (QED) is 0.0771. The Bertz CT molecular complexity index is 3620. The van der Waals surface area contributed by atoms with E-state index in [-0.39, 0.29) is 77.7 Å². The highest BCUT2D eigenvalue weighted by molar-refractivity contribution is 7.13. The second-order valence-corrected chi connectivity index (χ2v) is 25.4. The van der Waals surface area contributed by atoms with E-state index in [1.807, 2.05) is 103 Å². The summed E-state index contributed by atoms with van der Waals surface area (Å²) in [5, 5.41) is 30.7. The molecule has 21 heteroatoms. The Morgan fingerprint density at radius 2 is 1.71 bits per heavy atom. The number of nitrogens with zero attached hydrogens (tertiary/aromatic N) is 9. The number of pyridine rings is 1. The van der Waals surface area contributed by atoms with Crippen molar-refractivity contribution in [2.45, 2.75) is 136 Å². The first kappa shape index (κ1) is 59.0. The normalized spacial score (nSPS) is 20.1. The first-order chi connectivity index (χ1) is 40.7. The summed E-state index contributed by atoms with van der Waals surface area (Å²) in [6, 6.07) is 17.2. The fourth-order valence-electron chi connectivity index (χ4n) is 12.7. The highest BCUT2D eigenvalue weighted by Gasteiger charge is 2.46. The molecule has 3 amide bonds. The number of aromatic nitrogens is 5. The summed E-state index contributed by atoms with van der Waals surface area (Å²) < 4.78 is 41.8. The number of rotatable bonds is 17. The largest absolute Gasteiger partial charge is 0.508 e. The van der Waals surface area contributed by atoms with Crippen LogP contribution in [-0.4, -0.2) is 150 Å². The molecule has 85 heavy (non-hydrogen) atoms. The van der Waals surface area contributed by atoms with Gasteiger partial charge in [-0.2, -0.15) is 9.97 Å². The van der Waals surface area contributed by atoms with E-state index in [9.17, 15) is 24.6 Å².